The van der Waals surface area contributed by atoms with Gasteiger partial charge >= 0.3 is 17.9 Å². The van der Waals surface area contributed by atoms with Gasteiger partial charge in [0.05, 0.1) is 33.8 Å². The van der Waals surface area contributed by atoms with Gasteiger partial charge in [0.2, 0.25) is 17.7 Å². The molecule has 0 aromatic heterocycles. The highest BCUT2D eigenvalue weighted by atomic mass is 16.4. The van der Waals surface area contributed by atoms with E-state index in [9.17, 15) is 44.1 Å². The van der Waals surface area contributed by atoms with E-state index in [1.165, 1.54) is 164 Å². The van der Waals surface area contributed by atoms with Crippen molar-refractivity contribution in [1.29, 1.82) is 0 Å². The summed E-state index contributed by atoms with van der Waals surface area (Å²) in [4.78, 5) is 87.1. The number of hydrogen-bond acceptors (Lipinski definition) is 9. The average molecular weight is 925 g/mol. The monoisotopic (exact) mass is 924 g/mol. The third kappa shape index (κ3) is 12.1. The van der Waals surface area contributed by atoms with Crippen LogP contribution in [0.3, 0.4) is 0 Å². The second-order valence-corrected chi connectivity index (χ2v) is 14.8. The van der Waals surface area contributed by atoms with Crippen molar-refractivity contribution in [3.8, 4) is 0 Å². The van der Waals surface area contributed by atoms with Gasteiger partial charge in [-0.05, 0) is 164 Å². The minimum absolute atomic E-state index is 0.0501. The molecule has 7 rings (SSSR count). The van der Waals surface area contributed by atoms with Gasteiger partial charge in [-0.2, -0.15) is 0 Å². The van der Waals surface area contributed by atoms with E-state index >= 15 is 0 Å². The highest BCUT2D eigenvalue weighted by molar-refractivity contribution is 6.13. The number of nitrogens with zero attached hydrogens (tertiary/aromatic N) is 3. The summed E-state index contributed by atoms with van der Waals surface area (Å²) in [7, 11) is 0. The molecular formula is C51H36N6O12. The Hall–Kier alpha value is -10.2. The van der Waals surface area contributed by atoms with Gasteiger partial charge in [0, 0.05) is 50.4 Å². The Morgan fingerprint density at radius 2 is 0.478 bits per heavy atom. The highest BCUT2D eigenvalue weighted by Gasteiger charge is 2.19. The molecule has 342 valence electrons. The first kappa shape index (κ1) is 46.8. The van der Waals surface area contributed by atoms with Crippen LogP contribution in [-0.4, -0.2) is 84.0 Å². The highest BCUT2D eigenvalue weighted by Crippen LogP contribution is 2.22. The fraction of sp³-hybridized carbons (Fsp3) is 0. The zero-order valence-electron chi connectivity index (χ0n) is 35.6. The van der Waals surface area contributed by atoms with Gasteiger partial charge in [-0.25, -0.2) is 29.4 Å². The van der Waals surface area contributed by atoms with E-state index in [1.807, 2.05) is 0 Å². The van der Waals surface area contributed by atoms with Crippen molar-refractivity contribution in [2.45, 2.75) is 0 Å². The molecule has 69 heavy (non-hydrogen) atoms. The summed E-state index contributed by atoms with van der Waals surface area (Å²) in [5, 5.41) is 67.3. The molecule has 0 saturated heterocycles. The standard InChI is InChI=1S/C51H36N6O12/c58-43(52-40-19-7-31(8-20-40)49(64)65)28-1-13-37(14-2-28)55-46(61)34-25-35(47(62)56-38-15-3-29(4-16-38)44(59)53-41-21-9-32(10-22-41)50(66)67)27-36(26-34)48(63)57-39-17-5-30(6-18-39)45(60)54-42-23-11-33(12-24-42)51(68)69/h1-27H,(H,52,58)(H,53,59)(H,54,60)(H,55,61)(H,56,62)(H,57,63)(H,64,65)(H,66,67)(H,68,69). The number of hydrogen-bond donors (Lipinski definition) is 9. The summed E-state index contributed by atoms with van der Waals surface area (Å²) in [6.07, 6.45) is 0. The van der Waals surface area contributed by atoms with Crippen LogP contribution in [0.15, 0.2) is 179 Å². The maximum absolute atomic E-state index is 13.8. The number of anilines is 3. The van der Waals surface area contributed by atoms with E-state index in [0.29, 0.717) is 17.1 Å². The molecule has 7 aromatic rings. The van der Waals surface area contributed by atoms with Crippen molar-refractivity contribution in [3.63, 3.8) is 0 Å². The second kappa shape index (κ2) is 20.7. The molecule has 0 aliphatic carbocycles. The van der Waals surface area contributed by atoms with Crippen LogP contribution in [0.25, 0.3) is 0 Å². The van der Waals surface area contributed by atoms with Gasteiger partial charge in [0.25, 0.3) is 17.7 Å². The van der Waals surface area contributed by atoms with Gasteiger partial charge in [-0.1, -0.05) is 0 Å². The lowest BCUT2D eigenvalue weighted by atomic mass is 10.0. The molecule has 0 aliphatic heterocycles. The van der Waals surface area contributed by atoms with E-state index in [4.69, 9.17) is 15.3 Å². The van der Waals surface area contributed by atoms with Crippen LogP contribution in [0.5, 0.6) is 0 Å². The largest absolute Gasteiger partial charge is 0.493 e. The Balaban J connectivity index is 1.10. The quantitative estimate of drug-likeness (QED) is 0.0343. The summed E-state index contributed by atoms with van der Waals surface area (Å²) in [6.45, 7) is 0. The summed E-state index contributed by atoms with van der Waals surface area (Å²) in [5.74, 6) is -6.60. The number of carbonyl (C=O) groups is 6. The molecule has 0 bridgehead atoms. The molecule has 0 spiro atoms. The van der Waals surface area contributed by atoms with Crippen molar-refractivity contribution >= 4 is 87.4 Å². The van der Waals surface area contributed by atoms with Gasteiger partial charge < -0.3 is 46.6 Å². The number of rotatable bonds is 15. The third-order valence-corrected chi connectivity index (χ3v) is 9.97. The van der Waals surface area contributed by atoms with Crippen LogP contribution in [-0.2, 0) is 0 Å². The van der Waals surface area contributed by atoms with E-state index in [1.54, 1.807) is 0 Å². The summed E-state index contributed by atoms with van der Waals surface area (Å²) in [6, 6.07) is 38.2. The van der Waals surface area contributed by atoms with Gasteiger partial charge in [-0.3, -0.25) is 14.4 Å². The Morgan fingerprint density at radius 3 is 0.681 bits per heavy atom. The second-order valence-electron chi connectivity index (χ2n) is 14.8. The maximum Gasteiger partial charge on any atom is 0.335 e. The SMILES string of the molecule is O=C(O)c1ccc(N=C(O)c2ccc(NC(=O)c3cc(C(=O)Nc4ccc(C(O)=Nc5ccc(C(=O)O)cc5)cc4)cc(C(=O)Nc4ccc(C(O)=Nc5ccc(C(=O)O)cc5)cc4)c3)cc2)cc1. The van der Waals surface area contributed by atoms with Crippen molar-refractivity contribution in [2.24, 2.45) is 15.0 Å². The molecule has 3 amide bonds. The molecule has 18 heteroatoms. The predicted molar refractivity (Wildman–Crippen MR) is 256 cm³/mol. The van der Waals surface area contributed by atoms with Crippen LogP contribution in [0.4, 0.5) is 34.1 Å². The molecule has 7 aromatic carbocycles. The molecule has 0 radical (unpaired) electrons. The molecule has 0 heterocycles. The average Bonchev–Trinajstić information content (AvgIpc) is 3.35. The van der Waals surface area contributed by atoms with Crippen LogP contribution < -0.4 is 16.0 Å². The van der Waals surface area contributed by atoms with Crippen LogP contribution in [0.2, 0.25) is 0 Å². The normalized spacial score (nSPS) is 11.6. The molecule has 0 unspecified atom stereocenters. The lowest BCUT2D eigenvalue weighted by Gasteiger charge is -2.12. The molecule has 0 saturated carbocycles. The molecule has 0 fully saturated rings. The number of aromatic carboxylic acids is 3. The minimum Gasteiger partial charge on any atom is -0.493 e. The van der Waals surface area contributed by atoms with Crippen LogP contribution in [0, 0.1) is 0 Å². The van der Waals surface area contributed by atoms with Crippen molar-refractivity contribution < 1.29 is 59.4 Å². The number of carboxylic acids is 3. The van der Waals surface area contributed by atoms with Crippen LogP contribution >= 0.6 is 0 Å². The number of benzene rings is 7. The lowest BCUT2D eigenvalue weighted by molar-refractivity contribution is 0.0686. The van der Waals surface area contributed by atoms with E-state index < -0.39 is 35.6 Å². The first-order valence-electron chi connectivity index (χ1n) is 20.3. The number of aliphatic hydroxyl groups is 3. The summed E-state index contributed by atoms with van der Waals surface area (Å²) in [5.41, 5.74) is 2.43. The van der Waals surface area contributed by atoms with Crippen molar-refractivity contribution in [3.05, 3.63) is 214 Å². The smallest absolute Gasteiger partial charge is 0.335 e. The molecule has 0 atom stereocenters. The van der Waals surface area contributed by atoms with Crippen LogP contribution in [0.1, 0.15) is 78.8 Å². The number of carbonyl (C=O) groups excluding carboxylic acids is 3. The predicted octanol–water partition coefficient (Wildman–Crippen LogP) is 9.45. The minimum atomic E-state index is -1.11. The van der Waals surface area contributed by atoms with E-state index in [0.717, 1.165) is 0 Å². The first-order valence-corrected chi connectivity index (χ1v) is 20.3. The van der Waals surface area contributed by atoms with Gasteiger partial charge in [-0.15, -0.1) is 0 Å². The van der Waals surface area contributed by atoms with Crippen molar-refractivity contribution in [1.82, 2.24) is 0 Å². The molecular weight excluding hydrogens is 889 g/mol. The number of carboxylic acid groups (broad SMARTS) is 3. The Labute approximate surface area is 390 Å². The van der Waals surface area contributed by atoms with E-state index in [2.05, 4.69) is 30.9 Å². The zero-order chi connectivity index (χ0) is 49.2. The fourth-order valence-corrected chi connectivity index (χ4v) is 6.33. The number of aliphatic hydroxyl groups excluding tert-OH is 3. The summed E-state index contributed by atoms with van der Waals surface area (Å²) < 4.78 is 0. The fourth-order valence-electron chi connectivity index (χ4n) is 6.33. The third-order valence-electron chi connectivity index (χ3n) is 9.97. The Morgan fingerprint density at radius 1 is 0.275 bits per heavy atom. The number of aliphatic imine (C=N–C) groups is 3. The zero-order valence-corrected chi connectivity index (χ0v) is 35.6. The molecule has 9 N–H and O–H groups in total. The van der Waals surface area contributed by atoms with E-state index in [-0.39, 0.29) is 84.8 Å². The van der Waals surface area contributed by atoms with Crippen molar-refractivity contribution in [2.75, 3.05) is 16.0 Å². The number of amides is 3. The Bertz CT molecular complexity index is 2850. The molecule has 18 nitrogen and oxygen atoms in total. The van der Waals surface area contributed by atoms with Gasteiger partial charge in [0.15, 0.2) is 0 Å². The number of nitrogens with one attached hydrogen (secondary N) is 3. The maximum atomic E-state index is 13.8. The van der Waals surface area contributed by atoms with Gasteiger partial charge in [0.1, 0.15) is 0 Å². The topological polar surface area (TPSA) is 297 Å². The molecule has 0 aliphatic rings. The Kier molecular flexibility index (Phi) is 14.0. The summed E-state index contributed by atoms with van der Waals surface area (Å²) >= 11 is 0. The lowest BCUT2D eigenvalue weighted by Crippen LogP contribution is -2.19. The first-order chi connectivity index (χ1) is 33.1.